The van der Waals surface area contributed by atoms with Gasteiger partial charge in [-0.2, -0.15) is 9.97 Å². The van der Waals surface area contributed by atoms with Crippen LogP contribution in [0.2, 0.25) is 0 Å². The second-order valence-corrected chi connectivity index (χ2v) is 4.63. The van der Waals surface area contributed by atoms with E-state index >= 15 is 0 Å². The zero-order valence-electron chi connectivity index (χ0n) is 11.7. The van der Waals surface area contributed by atoms with Crippen LogP contribution < -0.4 is 14.8 Å². The maximum atomic E-state index is 5.49. The molecule has 1 aromatic heterocycles. The molecule has 0 aliphatic carbocycles. The fraction of sp³-hybridized carbons (Fsp3) is 0.750. The molecule has 0 spiro atoms. The Labute approximate surface area is 108 Å². The van der Waals surface area contributed by atoms with Gasteiger partial charge in [0, 0.05) is 6.54 Å². The van der Waals surface area contributed by atoms with Gasteiger partial charge in [-0.1, -0.05) is 13.8 Å². The van der Waals surface area contributed by atoms with Crippen molar-refractivity contribution in [1.29, 1.82) is 0 Å². The van der Waals surface area contributed by atoms with Gasteiger partial charge in [0.2, 0.25) is 5.95 Å². The van der Waals surface area contributed by atoms with E-state index in [2.05, 4.69) is 34.1 Å². The van der Waals surface area contributed by atoms with E-state index in [4.69, 9.17) is 9.47 Å². The molecule has 0 aromatic carbocycles. The van der Waals surface area contributed by atoms with Gasteiger partial charge in [0.1, 0.15) is 0 Å². The lowest BCUT2D eigenvalue weighted by molar-refractivity contribution is 0.207. The Morgan fingerprint density at radius 2 is 1.72 bits per heavy atom. The van der Waals surface area contributed by atoms with Gasteiger partial charge in [0.25, 0.3) is 0 Å². The highest BCUT2D eigenvalue weighted by Crippen LogP contribution is 2.14. The molecule has 0 fully saturated rings. The summed E-state index contributed by atoms with van der Waals surface area (Å²) >= 11 is 0. The second kappa shape index (κ2) is 6.98. The lowest BCUT2D eigenvalue weighted by atomic mass is 10.2. The molecule has 1 N–H and O–H groups in total. The minimum Gasteiger partial charge on any atom is -0.463 e. The molecule has 0 saturated heterocycles. The predicted octanol–water partition coefficient (Wildman–Crippen LogP) is 2.13. The second-order valence-electron chi connectivity index (χ2n) is 4.63. The van der Waals surface area contributed by atoms with E-state index in [-0.39, 0.29) is 12.1 Å². The summed E-state index contributed by atoms with van der Waals surface area (Å²) in [5.41, 5.74) is 0. The third kappa shape index (κ3) is 5.16. The Balaban J connectivity index is 2.83. The fourth-order valence-corrected chi connectivity index (χ4v) is 1.14. The van der Waals surface area contributed by atoms with Crippen LogP contribution in [0.1, 0.15) is 34.6 Å². The Hall–Kier alpha value is -1.59. The van der Waals surface area contributed by atoms with Gasteiger partial charge in [-0.15, -0.1) is 4.98 Å². The SMILES string of the molecule is CCNc1nc(OCC(C)C)nc(OC(C)C)n1. The number of hydrogen-bond donors (Lipinski definition) is 1. The molecule has 1 heterocycles. The molecule has 1 rings (SSSR count). The van der Waals surface area contributed by atoms with Crippen LogP contribution in [0.4, 0.5) is 5.95 Å². The standard InChI is InChI=1S/C12H22N4O2/c1-6-13-10-14-11(17-7-8(2)3)16-12(15-10)18-9(4)5/h8-9H,6-7H2,1-5H3,(H,13,14,15,16). The van der Waals surface area contributed by atoms with E-state index in [1.165, 1.54) is 0 Å². The van der Waals surface area contributed by atoms with Crippen LogP contribution >= 0.6 is 0 Å². The van der Waals surface area contributed by atoms with E-state index in [9.17, 15) is 0 Å². The zero-order chi connectivity index (χ0) is 13.5. The van der Waals surface area contributed by atoms with Crippen LogP contribution in [0.25, 0.3) is 0 Å². The molecule has 0 aliphatic heterocycles. The van der Waals surface area contributed by atoms with Crippen LogP contribution in [0.15, 0.2) is 0 Å². The highest BCUT2D eigenvalue weighted by atomic mass is 16.5. The summed E-state index contributed by atoms with van der Waals surface area (Å²) < 4.78 is 11.0. The number of aromatic nitrogens is 3. The Morgan fingerprint density at radius 1 is 1.06 bits per heavy atom. The number of rotatable bonds is 7. The summed E-state index contributed by atoms with van der Waals surface area (Å²) in [6, 6.07) is 0.583. The quantitative estimate of drug-likeness (QED) is 0.803. The van der Waals surface area contributed by atoms with Gasteiger partial charge in [0.05, 0.1) is 12.7 Å². The molecule has 18 heavy (non-hydrogen) atoms. The Kier molecular flexibility index (Phi) is 5.61. The minimum absolute atomic E-state index is 0.0137. The maximum absolute atomic E-state index is 5.49. The summed E-state index contributed by atoms with van der Waals surface area (Å²) in [6.07, 6.45) is 0.0137. The van der Waals surface area contributed by atoms with Crippen molar-refractivity contribution in [3.63, 3.8) is 0 Å². The number of nitrogens with one attached hydrogen (secondary N) is 1. The largest absolute Gasteiger partial charge is 0.463 e. The summed E-state index contributed by atoms with van der Waals surface area (Å²) in [5, 5.41) is 3.03. The molecule has 0 aliphatic rings. The minimum atomic E-state index is 0.0137. The topological polar surface area (TPSA) is 69.2 Å². The molecule has 6 heteroatoms. The normalized spacial score (nSPS) is 10.8. The Morgan fingerprint density at radius 3 is 2.28 bits per heavy atom. The van der Waals surface area contributed by atoms with E-state index in [1.54, 1.807) is 0 Å². The van der Waals surface area contributed by atoms with Crippen LogP contribution in [-0.2, 0) is 0 Å². The smallest absolute Gasteiger partial charge is 0.324 e. The first-order valence-corrected chi connectivity index (χ1v) is 6.30. The van der Waals surface area contributed by atoms with E-state index in [0.717, 1.165) is 6.54 Å². The highest BCUT2D eigenvalue weighted by molar-refractivity contribution is 5.27. The average Bonchev–Trinajstić information content (AvgIpc) is 2.25. The van der Waals surface area contributed by atoms with Gasteiger partial charge in [-0.25, -0.2) is 0 Å². The van der Waals surface area contributed by atoms with Crippen molar-refractivity contribution in [3.05, 3.63) is 0 Å². The molecule has 0 radical (unpaired) electrons. The molecule has 6 nitrogen and oxygen atoms in total. The average molecular weight is 254 g/mol. The monoisotopic (exact) mass is 254 g/mol. The van der Waals surface area contributed by atoms with Crippen LogP contribution in [0, 0.1) is 5.92 Å². The summed E-state index contributed by atoms with van der Waals surface area (Å²) in [4.78, 5) is 12.4. The fourth-order valence-electron chi connectivity index (χ4n) is 1.14. The summed E-state index contributed by atoms with van der Waals surface area (Å²) in [5.74, 6) is 0.890. The van der Waals surface area contributed by atoms with Crippen LogP contribution in [-0.4, -0.2) is 34.2 Å². The third-order valence-electron chi connectivity index (χ3n) is 1.82. The molecule has 0 bridgehead atoms. The van der Waals surface area contributed by atoms with Crippen molar-refractivity contribution in [1.82, 2.24) is 15.0 Å². The molecule has 0 amide bonds. The third-order valence-corrected chi connectivity index (χ3v) is 1.82. The van der Waals surface area contributed by atoms with E-state index in [1.807, 2.05) is 20.8 Å². The van der Waals surface area contributed by atoms with Gasteiger partial charge in [-0.05, 0) is 26.7 Å². The highest BCUT2D eigenvalue weighted by Gasteiger charge is 2.10. The number of anilines is 1. The number of hydrogen-bond acceptors (Lipinski definition) is 6. The maximum Gasteiger partial charge on any atom is 0.324 e. The van der Waals surface area contributed by atoms with Crippen molar-refractivity contribution in [2.45, 2.75) is 40.7 Å². The van der Waals surface area contributed by atoms with Crippen molar-refractivity contribution >= 4 is 5.95 Å². The van der Waals surface area contributed by atoms with Crippen molar-refractivity contribution in [2.75, 3.05) is 18.5 Å². The van der Waals surface area contributed by atoms with Crippen LogP contribution in [0.3, 0.4) is 0 Å². The molecular formula is C12H22N4O2. The van der Waals surface area contributed by atoms with Gasteiger partial charge < -0.3 is 14.8 Å². The van der Waals surface area contributed by atoms with Gasteiger partial charge in [-0.3, -0.25) is 0 Å². The number of ether oxygens (including phenoxy) is 2. The first-order valence-electron chi connectivity index (χ1n) is 6.30. The van der Waals surface area contributed by atoms with Gasteiger partial charge >= 0.3 is 12.0 Å². The first-order chi connectivity index (χ1) is 8.51. The lowest BCUT2D eigenvalue weighted by Crippen LogP contribution is -2.14. The van der Waals surface area contributed by atoms with Crippen LogP contribution in [0.5, 0.6) is 12.0 Å². The predicted molar refractivity (Wildman–Crippen MR) is 70.1 cm³/mol. The molecular weight excluding hydrogens is 232 g/mol. The molecule has 0 unspecified atom stereocenters. The summed E-state index contributed by atoms with van der Waals surface area (Å²) in [7, 11) is 0. The molecule has 0 atom stereocenters. The van der Waals surface area contributed by atoms with Crippen molar-refractivity contribution in [2.24, 2.45) is 5.92 Å². The summed E-state index contributed by atoms with van der Waals surface area (Å²) in [6.45, 7) is 11.2. The molecule has 0 saturated carbocycles. The molecule has 1 aromatic rings. The van der Waals surface area contributed by atoms with Crippen molar-refractivity contribution < 1.29 is 9.47 Å². The molecule has 102 valence electrons. The zero-order valence-corrected chi connectivity index (χ0v) is 11.7. The number of nitrogens with zero attached hydrogens (tertiary/aromatic N) is 3. The van der Waals surface area contributed by atoms with Crippen molar-refractivity contribution in [3.8, 4) is 12.0 Å². The lowest BCUT2D eigenvalue weighted by Gasteiger charge is -2.12. The van der Waals surface area contributed by atoms with E-state index < -0.39 is 0 Å². The van der Waals surface area contributed by atoms with Gasteiger partial charge in [0.15, 0.2) is 0 Å². The van der Waals surface area contributed by atoms with E-state index in [0.29, 0.717) is 24.5 Å². The first kappa shape index (κ1) is 14.5. The Bertz CT molecular complexity index is 369.